The lowest BCUT2D eigenvalue weighted by Crippen LogP contribution is -2.47. The second-order valence-corrected chi connectivity index (χ2v) is 6.31. The molecule has 0 unspecified atom stereocenters. The van der Waals surface area contributed by atoms with Crippen molar-refractivity contribution in [2.45, 2.75) is 58.4 Å². The summed E-state index contributed by atoms with van der Waals surface area (Å²) >= 11 is 0. The highest BCUT2D eigenvalue weighted by Gasteiger charge is 2.30. The fourth-order valence-electron chi connectivity index (χ4n) is 2.64. The zero-order chi connectivity index (χ0) is 13.8. The Hall–Kier alpha value is -1.24. The maximum Gasteiger partial charge on any atom is 0.407 e. The summed E-state index contributed by atoms with van der Waals surface area (Å²) in [7, 11) is 0. The first kappa shape index (κ1) is 14.8. The van der Waals surface area contributed by atoms with Crippen LogP contribution in [0.25, 0.3) is 0 Å². The molecule has 102 valence electrons. The van der Waals surface area contributed by atoms with Crippen molar-refractivity contribution < 1.29 is 9.90 Å². The number of nitriles is 1. The molecule has 1 rings (SSSR count). The summed E-state index contributed by atoms with van der Waals surface area (Å²) < 4.78 is 0. The standard InChI is InChI=1S/C14H24N2O2/c1-14(2,3)16(13(17)18)10-12-6-4-11(5-7-12)8-9-15/h11-12H,4-8,10H2,1-3H3,(H,17,18). The molecule has 1 saturated carbocycles. The molecule has 0 aromatic rings. The van der Waals surface area contributed by atoms with Crippen molar-refractivity contribution in [1.82, 2.24) is 4.90 Å². The van der Waals surface area contributed by atoms with Crippen molar-refractivity contribution in [3.8, 4) is 6.07 Å². The van der Waals surface area contributed by atoms with Crippen LogP contribution in [0.5, 0.6) is 0 Å². The van der Waals surface area contributed by atoms with Crippen molar-refractivity contribution in [1.29, 1.82) is 5.26 Å². The third-order valence-electron chi connectivity index (χ3n) is 3.83. The molecule has 0 radical (unpaired) electrons. The Labute approximate surface area is 110 Å². The first-order valence-electron chi connectivity index (χ1n) is 6.72. The van der Waals surface area contributed by atoms with Crippen LogP contribution in [0.4, 0.5) is 4.79 Å². The molecule has 1 aliphatic carbocycles. The summed E-state index contributed by atoms with van der Waals surface area (Å²) in [6.45, 7) is 6.42. The fourth-order valence-corrected chi connectivity index (χ4v) is 2.64. The predicted octanol–water partition coefficient (Wildman–Crippen LogP) is 3.48. The van der Waals surface area contributed by atoms with E-state index in [1.54, 1.807) is 4.90 Å². The molecule has 0 heterocycles. The van der Waals surface area contributed by atoms with Gasteiger partial charge in [0.2, 0.25) is 0 Å². The smallest absolute Gasteiger partial charge is 0.407 e. The van der Waals surface area contributed by atoms with Gasteiger partial charge in [0.15, 0.2) is 0 Å². The van der Waals surface area contributed by atoms with E-state index in [0.29, 0.717) is 24.8 Å². The zero-order valence-electron chi connectivity index (χ0n) is 11.6. The zero-order valence-corrected chi connectivity index (χ0v) is 11.6. The van der Waals surface area contributed by atoms with Crippen molar-refractivity contribution in [2.24, 2.45) is 11.8 Å². The summed E-state index contributed by atoms with van der Waals surface area (Å²) in [5.74, 6) is 0.981. The van der Waals surface area contributed by atoms with E-state index in [2.05, 4.69) is 6.07 Å². The molecule has 0 aromatic carbocycles. The van der Waals surface area contributed by atoms with E-state index in [1.807, 2.05) is 20.8 Å². The third kappa shape index (κ3) is 4.21. The second-order valence-electron chi connectivity index (χ2n) is 6.31. The van der Waals surface area contributed by atoms with Gasteiger partial charge in [-0.2, -0.15) is 5.26 Å². The second kappa shape index (κ2) is 6.08. The van der Waals surface area contributed by atoms with E-state index in [9.17, 15) is 9.90 Å². The number of hydrogen-bond acceptors (Lipinski definition) is 2. The summed E-state index contributed by atoms with van der Waals surface area (Å²) in [6.07, 6.45) is 4.04. The Bertz CT molecular complexity index is 320. The molecular weight excluding hydrogens is 228 g/mol. The van der Waals surface area contributed by atoms with Gasteiger partial charge in [-0.1, -0.05) is 0 Å². The fraction of sp³-hybridized carbons (Fsp3) is 0.857. The molecule has 4 heteroatoms. The van der Waals surface area contributed by atoms with Gasteiger partial charge in [-0.3, -0.25) is 0 Å². The Kier molecular flexibility index (Phi) is 5.01. The van der Waals surface area contributed by atoms with E-state index in [4.69, 9.17) is 5.26 Å². The number of rotatable bonds is 3. The Balaban J connectivity index is 2.49. The van der Waals surface area contributed by atoms with Crippen molar-refractivity contribution in [2.75, 3.05) is 6.54 Å². The van der Waals surface area contributed by atoms with Gasteiger partial charge >= 0.3 is 6.09 Å². The Morgan fingerprint density at radius 2 is 1.78 bits per heavy atom. The van der Waals surface area contributed by atoms with Crippen LogP contribution in [0.2, 0.25) is 0 Å². The number of carbonyl (C=O) groups is 1. The van der Waals surface area contributed by atoms with Gasteiger partial charge in [-0.25, -0.2) is 4.79 Å². The van der Waals surface area contributed by atoms with Crippen molar-refractivity contribution >= 4 is 6.09 Å². The average molecular weight is 252 g/mol. The minimum absolute atomic E-state index is 0.338. The molecule has 0 saturated heterocycles. The van der Waals surface area contributed by atoms with Gasteiger partial charge in [-0.05, 0) is 58.3 Å². The van der Waals surface area contributed by atoms with Crippen molar-refractivity contribution in [3.05, 3.63) is 0 Å². The first-order valence-corrected chi connectivity index (χ1v) is 6.72. The molecule has 1 N–H and O–H groups in total. The van der Waals surface area contributed by atoms with E-state index in [1.165, 1.54) is 0 Å². The Morgan fingerprint density at radius 3 is 2.17 bits per heavy atom. The maximum absolute atomic E-state index is 11.3. The van der Waals surface area contributed by atoms with E-state index >= 15 is 0 Å². The number of nitrogens with zero attached hydrogens (tertiary/aromatic N) is 2. The predicted molar refractivity (Wildman–Crippen MR) is 70.2 cm³/mol. The monoisotopic (exact) mass is 252 g/mol. The lowest BCUT2D eigenvalue weighted by atomic mass is 9.80. The van der Waals surface area contributed by atoms with E-state index in [0.717, 1.165) is 25.7 Å². The van der Waals surface area contributed by atoms with Crippen LogP contribution >= 0.6 is 0 Å². The summed E-state index contributed by atoms with van der Waals surface area (Å²) in [6, 6.07) is 2.23. The highest BCUT2D eigenvalue weighted by atomic mass is 16.4. The molecule has 0 atom stereocenters. The van der Waals surface area contributed by atoms with Gasteiger partial charge in [0.05, 0.1) is 6.07 Å². The van der Waals surface area contributed by atoms with Crippen molar-refractivity contribution in [3.63, 3.8) is 0 Å². The lowest BCUT2D eigenvalue weighted by molar-refractivity contribution is 0.0800. The first-order chi connectivity index (χ1) is 8.34. The van der Waals surface area contributed by atoms with Crippen LogP contribution in [0.1, 0.15) is 52.9 Å². The largest absolute Gasteiger partial charge is 0.465 e. The average Bonchev–Trinajstić information content (AvgIpc) is 2.26. The quantitative estimate of drug-likeness (QED) is 0.836. The molecular formula is C14H24N2O2. The molecule has 1 fully saturated rings. The molecule has 18 heavy (non-hydrogen) atoms. The molecule has 0 aliphatic heterocycles. The van der Waals surface area contributed by atoms with E-state index < -0.39 is 6.09 Å². The molecule has 1 amide bonds. The number of hydrogen-bond donors (Lipinski definition) is 1. The van der Waals surface area contributed by atoms with Crippen LogP contribution in [0.3, 0.4) is 0 Å². The topological polar surface area (TPSA) is 64.3 Å². The van der Waals surface area contributed by atoms with Crippen LogP contribution in [0, 0.1) is 23.2 Å². The van der Waals surface area contributed by atoms with Gasteiger partial charge in [0.1, 0.15) is 0 Å². The number of carboxylic acid groups (broad SMARTS) is 1. The SMILES string of the molecule is CC(C)(C)N(CC1CCC(CC#N)CC1)C(=O)O. The van der Waals surface area contributed by atoms with Crippen LogP contribution < -0.4 is 0 Å². The van der Waals surface area contributed by atoms with E-state index in [-0.39, 0.29) is 5.54 Å². The molecule has 0 aromatic heterocycles. The van der Waals surface area contributed by atoms with Crippen LogP contribution in [0.15, 0.2) is 0 Å². The van der Waals surface area contributed by atoms with Gasteiger partial charge in [0, 0.05) is 18.5 Å². The normalized spacial score (nSPS) is 24.3. The highest BCUT2D eigenvalue weighted by molar-refractivity contribution is 5.66. The summed E-state index contributed by atoms with van der Waals surface area (Å²) in [5, 5.41) is 17.9. The molecule has 4 nitrogen and oxygen atoms in total. The minimum Gasteiger partial charge on any atom is -0.465 e. The molecule has 1 aliphatic rings. The highest BCUT2D eigenvalue weighted by Crippen LogP contribution is 2.32. The lowest BCUT2D eigenvalue weighted by Gasteiger charge is -2.37. The summed E-state index contributed by atoms with van der Waals surface area (Å²) in [4.78, 5) is 12.8. The van der Waals surface area contributed by atoms with Gasteiger partial charge in [-0.15, -0.1) is 0 Å². The van der Waals surface area contributed by atoms with Crippen LogP contribution in [-0.4, -0.2) is 28.2 Å². The van der Waals surface area contributed by atoms with Gasteiger partial charge in [0.25, 0.3) is 0 Å². The maximum atomic E-state index is 11.3. The Morgan fingerprint density at radius 1 is 1.28 bits per heavy atom. The molecule has 0 bridgehead atoms. The summed E-state index contributed by atoms with van der Waals surface area (Å²) in [5.41, 5.74) is -0.338. The minimum atomic E-state index is -0.832. The third-order valence-corrected chi connectivity index (χ3v) is 3.83. The number of amides is 1. The van der Waals surface area contributed by atoms with Gasteiger partial charge < -0.3 is 10.0 Å². The van der Waals surface area contributed by atoms with Crippen LogP contribution in [-0.2, 0) is 0 Å². The molecule has 0 spiro atoms.